The van der Waals surface area contributed by atoms with E-state index in [0.29, 0.717) is 6.54 Å². The number of aliphatic carboxylic acids is 1. The second-order valence-electron chi connectivity index (χ2n) is 5.13. The fraction of sp³-hybridized carbons (Fsp3) is 0.333. The van der Waals surface area contributed by atoms with Crippen molar-refractivity contribution in [2.45, 2.75) is 18.8 Å². The number of hydrogen-bond donors (Lipinski definition) is 1. The number of benzene rings is 1. The third kappa shape index (κ3) is 2.61. The summed E-state index contributed by atoms with van der Waals surface area (Å²) in [4.78, 5) is 23.5. The molecule has 5 nitrogen and oxygen atoms in total. The molecule has 1 saturated heterocycles. The van der Waals surface area contributed by atoms with Crippen LogP contribution in [0.15, 0.2) is 40.9 Å². The molecule has 4 atom stereocenters. The third-order valence-electron chi connectivity index (χ3n) is 3.89. The van der Waals surface area contributed by atoms with Crippen molar-refractivity contribution in [3.63, 3.8) is 0 Å². The molecule has 110 valence electrons. The van der Waals surface area contributed by atoms with Crippen molar-refractivity contribution in [1.82, 2.24) is 5.32 Å². The topological polar surface area (TPSA) is 78.5 Å². The quantitative estimate of drug-likeness (QED) is 0.796. The fourth-order valence-corrected chi connectivity index (χ4v) is 3.27. The molecule has 1 aromatic carbocycles. The van der Waals surface area contributed by atoms with Crippen LogP contribution in [0, 0.1) is 11.8 Å². The molecule has 1 fully saturated rings. The second-order valence-corrected chi connectivity index (χ2v) is 5.98. The Morgan fingerprint density at radius 1 is 1.19 bits per heavy atom. The second kappa shape index (κ2) is 5.61. The zero-order valence-corrected chi connectivity index (χ0v) is 12.6. The van der Waals surface area contributed by atoms with Crippen molar-refractivity contribution in [3.8, 4) is 0 Å². The van der Waals surface area contributed by atoms with E-state index >= 15 is 0 Å². The van der Waals surface area contributed by atoms with Crippen LogP contribution in [0.5, 0.6) is 0 Å². The van der Waals surface area contributed by atoms with Crippen LogP contribution in [0.25, 0.3) is 0 Å². The average Bonchev–Trinajstić information content (AvgIpc) is 3.06. The highest BCUT2D eigenvalue weighted by Gasteiger charge is 2.50. The lowest BCUT2D eigenvalue weighted by atomic mass is 9.82. The van der Waals surface area contributed by atoms with Gasteiger partial charge in [0.05, 0.1) is 18.1 Å². The number of carboxylic acid groups (broad SMARTS) is 1. The van der Waals surface area contributed by atoms with Crippen molar-refractivity contribution >= 4 is 27.8 Å². The van der Waals surface area contributed by atoms with Gasteiger partial charge in [-0.05, 0) is 11.6 Å². The molecular formula is C15H13BrNO4-. The van der Waals surface area contributed by atoms with Gasteiger partial charge in [-0.25, -0.2) is 0 Å². The van der Waals surface area contributed by atoms with E-state index in [0.717, 1.165) is 10.0 Å². The number of halogens is 1. The van der Waals surface area contributed by atoms with Crippen LogP contribution in [0.4, 0.5) is 0 Å². The molecule has 21 heavy (non-hydrogen) atoms. The normalized spacial score (nSPS) is 29.6. The highest BCUT2D eigenvalue weighted by Crippen LogP contribution is 2.38. The van der Waals surface area contributed by atoms with Gasteiger partial charge >= 0.3 is 0 Å². The molecule has 6 heteroatoms. The van der Waals surface area contributed by atoms with E-state index in [1.54, 1.807) is 12.2 Å². The largest absolute Gasteiger partial charge is 0.550 e. The molecule has 1 N–H and O–H groups in total. The number of carbonyl (C=O) groups is 2. The minimum absolute atomic E-state index is 0.322. The molecule has 2 aliphatic rings. The van der Waals surface area contributed by atoms with Crippen molar-refractivity contribution in [2.75, 3.05) is 0 Å². The lowest BCUT2D eigenvalue weighted by Gasteiger charge is -2.25. The number of nitrogens with one attached hydrogen (secondary N) is 1. The summed E-state index contributed by atoms with van der Waals surface area (Å²) in [6.07, 6.45) is 2.39. The summed E-state index contributed by atoms with van der Waals surface area (Å²) >= 11 is 3.41. The number of rotatable bonds is 4. The first-order chi connectivity index (χ1) is 10.1. The maximum Gasteiger partial charge on any atom is 0.227 e. The van der Waals surface area contributed by atoms with E-state index < -0.39 is 30.0 Å². The lowest BCUT2D eigenvalue weighted by molar-refractivity contribution is -0.313. The van der Waals surface area contributed by atoms with Gasteiger partial charge < -0.3 is 20.0 Å². The summed E-state index contributed by atoms with van der Waals surface area (Å²) in [5, 5.41) is 14.0. The van der Waals surface area contributed by atoms with Crippen molar-refractivity contribution in [1.29, 1.82) is 0 Å². The number of carboxylic acids is 1. The maximum atomic E-state index is 12.3. The summed E-state index contributed by atoms with van der Waals surface area (Å²) < 4.78 is 6.35. The van der Waals surface area contributed by atoms with Crippen LogP contribution in [0.3, 0.4) is 0 Å². The SMILES string of the molecule is O=C([O-])[C@@H]1[C@@H](C(=O)NCc2ccccc2Br)[C@H]2C=C[C@@H]1O2. The first-order valence-corrected chi connectivity index (χ1v) is 7.43. The molecule has 0 unspecified atom stereocenters. The molecule has 2 aliphatic heterocycles. The van der Waals surface area contributed by atoms with Gasteiger partial charge in [-0.1, -0.05) is 46.3 Å². The van der Waals surface area contributed by atoms with E-state index in [1.807, 2.05) is 24.3 Å². The first kappa shape index (κ1) is 14.3. The minimum atomic E-state index is -1.24. The number of ether oxygens (including phenoxy) is 1. The van der Waals surface area contributed by atoms with Gasteiger partial charge in [-0.15, -0.1) is 0 Å². The van der Waals surface area contributed by atoms with Gasteiger partial charge in [0.15, 0.2) is 0 Å². The summed E-state index contributed by atoms with van der Waals surface area (Å²) in [6, 6.07) is 7.53. The van der Waals surface area contributed by atoms with E-state index in [2.05, 4.69) is 21.2 Å². The Morgan fingerprint density at radius 3 is 2.52 bits per heavy atom. The Balaban J connectivity index is 1.69. The number of hydrogen-bond acceptors (Lipinski definition) is 4. The predicted octanol–water partition coefficient (Wildman–Crippen LogP) is 0.385. The number of carbonyl (C=O) groups excluding carboxylic acids is 2. The molecule has 0 aliphatic carbocycles. The molecule has 1 amide bonds. The fourth-order valence-electron chi connectivity index (χ4n) is 2.84. The number of fused-ring (bicyclic) bond motifs is 2. The third-order valence-corrected chi connectivity index (χ3v) is 4.66. The zero-order chi connectivity index (χ0) is 15.0. The van der Waals surface area contributed by atoms with Gasteiger partial charge in [-0.3, -0.25) is 4.79 Å². The highest BCUT2D eigenvalue weighted by molar-refractivity contribution is 9.10. The Morgan fingerprint density at radius 2 is 1.86 bits per heavy atom. The molecule has 2 bridgehead atoms. The smallest absolute Gasteiger partial charge is 0.227 e. The van der Waals surface area contributed by atoms with Crippen LogP contribution in [0.1, 0.15) is 5.56 Å². The van der Waals surface area contributed by atoms with E-state index in [1.165, 1.54) is 0 Å². The van der Waals surface area contributed by atoms with Crippen LogP contribution < -0.4 is 10.4 Å². The van der Waals surface area contributed by atoms with E-state index in [9.17, 15) is 14.7 Å². The van der Waals surface area contributed by atoms with Crippen molar-refractivity contribution < 1.29 is 19.4 Å². The van der Waals surface area contributed by atoms with Gasteiger partial charge in [-0.2, -0.15) is 0 Å². The van der Waals surface area contributed by atoms with Crippen LogP contribution in [0.2, 0.25) is 0 Å². The highest BCUT2D eigenvalue weighted by atomic mass is 79.9. The van der Waals surface area contributed by atoms with E-state index in [-0.39, 0.29) is 5.91 Å². The van der Waals surface area contributed by atoms with Crippen LogP contribution >= 0.6 is 15.9 Å². The average molecular weight is 351 g/mol. The zero-order valence-electron chi connectivity index (χ0n) is 11.0. The van der Waals surface area contributed by atoms with Gasteiger partial charge in [0.25, 0.3) is 0 Å². The summed E-state index contributed by atoms with van der Waals surface area (Å²) in [5.74, 6) is -3.21. The predicted molar refractivity (Wildman–Crippen MR) is 75.8 cm³/mol. The molecule has 0 spiro atoms. The Hall–Kier alpha value is -1.66. The molecule has 2 heterocycles. The summed E-state index contributed by atoms with van der Waals surface area (Å²) in [6.45, 7) is 0.331. The van der Waals surface area contributed by atoms with Gasteiger partial charge in [0, 0.05) is 22.9 Å². The Kier molecular flexibility index (Phi) is 3.82. The summed E-state index contributed by atoms with van der Waals surface area (Å²) in [5.41, 5.74) is 0.926. The Bertz CT molecular complexity index is 615. The maximum absolute atomic E-state index is 12.3. The van der Waals surface area contributed by atoms with E-state index in [4.69, 9.17) is 4.74 Å². The first-order valence-electron chi connectivity index (χ1n) is 6.63. The minimum Gasteiger partial charge on any atom is -0.550 e. The van der Waals surface area contributed by atoms with Crippen molar-refractivity contribution in [2.24, 2.45) is 11.8 Å². The molecular weight excluding hydrogens is 338 g/mol. The summed E-state index contributed by atoms with van der Waals surface area (Å²) in [7, 11) is 0. The Labute approximate surface area is 130 Å². The number of amides is 1. The molecule has 1 aromatic rings. The molecule has 0 aromatic heterocycles. The van der Waals surface area contributed by atoms with Crippen LogP contribution in [-0.4, -0.2) is 24.1 Å². The van der Waals surface area contributed by atoms with Crippen molar-refractivity contribution in [3.05, 3.63) is 46.5 Å². The molecule has 3 rings (SSSR count). The van der Waals surface area contributed by atoms with Gasteiger partial charge in [0.2, 0.25) is 5.91 Å². The monoisotopic (exact) mass is 350 g/mol. The standard InChI is InChI=1S/C15H14BrNO4/c16-9-4-2-1-3-8(9)7-17-14(18)12-10-5-6-11(21-10)13(12)15(19)20/h1-6,10-13H,7H2,(H,17,18)(H,19,20)/p-1/t10-,11+,12+,13+/m1/s1. The lowest BCUT2D eigenvalue weighted by Crippen LogP contribution is -2.46. The molecule has 0 saturated carbocycles. The van der Waals surface area contributed by atoms with Gasteiger partial charge in [0.1, 0.15) is 0 Å². The molecule has 0 radical (unpaired) electrons. The van der Waals surface area contributed by atoms with Crippen LogP contribution in [-0.2, 0) is 20.9 Å².